The summed E-state index contributed by atoms with van der Waals surface area (Å²) in [5, 5.41) is 0.500. The third-order valence-corrected chi connectivity index (χ3v) is 5.17. The van der Waals surface area contributed by atoms with Crippen LogP contribution in [-0.4, -0.2) is 28.2 Å². The molecule has 1 heterocycles. The molecule has 2 aromatic rings. The van der Waals surface area contributed by atoms with Crippen molar-refractivity contribution in [2.45, 2.75) is 11.3 Å². The van der Waals surface area contributed by atoms with Crippen LogP contribution in [0.4, 0.5) is 0 Å². The quantitative estimate of drug-likeness (QED) is 0.897. The summed E-state index contributed by atoms with van der Waals surface area (Å²) >= 11 is 5.77. The zero-order valence-electron chi connectivity index (χ0n) is 12.3. The zero-order valence-corrected chi connectivity index (χ0v) is 13.9. The van der Waals surface area contributed by atoms with Crippen molar-refractivity contribution in [1.82, 2.24) is 4.72 Å². The van der Waals surface area contributed by atoms with Gasteiger partial charge in [0.25, 0.3) is 0 Å². The van der Waals surface area contributed by atoms with Crippen LogP contribution in [0.1, 0.15) is 5.56 Å². The zero-order chi connectivity index (χ0) is 16.3. The molecule has 0 aliphatic carbocycles. The van der Waals surface area contributed by atoms with Gasteiger partial charge in [-0.1, -0.05) is 17.7 Å². The highest BCUT2D eigenvalue weighted by atomic mass is 35.5. The molecule has 1 aliphatic rings. The van der Waals surface area contributed by atoms with Crippen molar-refractivity contribution in [2.75, 3.05) is 19.8 Å². The number of nitrogens with one attached hydrogen (secondary N) is 1. The third-order valence-electron chi connectivity index (χ3n) is 3.44. The van der Waals surface area contributed by atoms with E-state index in [9.17, 15) is 8.42 Å². The highest BCUT2D eigenvalue weighted by Gasteiger charge is 2.14. The van der Waals surface area contributed by atoms with E-state index in [-0.39, 0.29) is 4.90 Å². The molecule has 0 saturated carbocycles. The standard InChI is InChI=1S/C16H16ClNO4S/c17-13-2-4-14(5-3-13)23(19,20)18-8-7-12-1-6-15-16(11-12)22-10-9-21-15/h1-6,11,18H,7-10H2. The van der Waals surface area contributed by atoms with Gasteiger partial charge in [-0.3, -0.25) is 0 Å². The first kappa shape index (κ1) is 16.1. The predicted molar refractivity (Wildman–Crippen MR) is 87.8 cm³/mol. The summed E-state index contributed by atoms with van der Waals surface area (Å²) in [5.41, 5.74) is 0.980. The lowest BCUT2D eigenvalue weighted by Gasteiger charge is -2.18. The smallest absolute Gasteiger partial charge is 0.240 e. The summed E-state index contributed by atoms with van der Waals surface area (Å²) in [7, 11) is -3.53. The number of hydrogen-bond acceptors (Lipinski definition) is 4. The Bertz CT molecular complexity index is 790. The van der Waals surface area contributed by atoms with Crippen LogP contribution < -0.4 is 14.2 Å². The number of fused-ring (bicyclic) bond motifs is 1. The maximum Gasteiger partial charge on any atom is 0.240 e. The molecule has 0 amide bonds. The SMILES string of the molecule is O=S(=O)(NCCc1ccc2c(c1)OCCO2)c1ccc(Cl)cc1. The van der Waals surface area contributed by atoms with Crippen molar-refractivity contribution in [3.8, 4) is 11.5 Å². The highest BCUT2D eigenvalue weighted by Crippen LogP contribution is 2.30. The second-order valence-corrected chi connectivity index (χ2v) is 7.28. The van der Waals surface area contributed by atoms with Crippen LogP contribution in [-0.2, 0) is 16.4 Å². The molecule has 0 fully saturated rings. The Kier molecular flexibility index (Phi) is 4.75. The van der Waals surface area contributed by atoms with Gasteiger partial charge < -0.3 is 9.47 Å². The lowest BCUT2D eigenvalue weighted by atomic mass is 10.1. The monoisotopic (exact) mass is 353 g/mol. The summed E-state index contributed by atoms with van der Waals surface area (Å²) in [6.45, 7) is 1.37. The van der Waals surface area contributed by atoms with Gasteiger partial charge >= 0.3 is 0 Å². The predicted octanol–water partition coefficient (Wildman–Crippen LogP) is 2.63. The summed E-state index contributed by atoms with van der Waals surface area (Å²) in [4.78, 5) is 0.198. The summed E-state index contributed by atoms with van der Waals surface area (Å²) in [5.74, 6) is 1.43. The topological polar surface area (TPSA) is 64.6 Å². The van der Waals surface area contributed by atoms with Gasteiger partial charge in [0, 0.05) is 11.6 Å². The Balaban J connectivity index is 1.61. The maximum absolute atomic E-state index is 12.2. The van der Waals surface area contributed by atoms with E-state index in [0.717, 1.165) is 11.3 Å². The molecule has 2 aromatic carbocycles. The van der Waals surface area contributed by atoms with Gasteiger partial charge in [0.15, 0.2) is 11.5 Å². The fourth-order valence-corrected chi connectivity index (χ4v) is 3.43. The summed E-state index contributed by atoms with van der Waals surface area (Å²) in [6.07, 6.45) is 0.559. The summed E-state index contributed by atoms with van der Waals surface area (Å²) < 4.78 is 37.9. The fraction of sp³-hybridized carbons (Fsp3) is 0.250. The first-order chi connectivity index (χ1) is 11.0. The Morgan fingerprint density at radius 3 is 2.43 bits per heavy atom. The molecule has 122 valence electrons. The third kappa shape index (κ3) is 3.96. The molecular weight excluding hydrogens is 338 g/mol. The number of sulfonamides is 1. The molecule has 0 aromatic heterocycles. The lowest BCUT2D eigenvalue weighted by molar-refractivity contribution is 0.171. The van der Waals surface area contributed by atoms with Gasteiger partial charge in [-0.05, 0) is 48.4 Å². The van der Waals surface area contributed by atoms with Crippen molar-refractivity contribution >= 4 is 21.6 Å². The van der Waals surface area contributed by atoms with Crippen molar-refractivity contribution < 1.29 is 17.9 Å². The average molecular weight is 354 g/mol. The second kappa shape index (κ2) is 6.78. The van der Waals surface area contributed by atoms with Crippen LogP contribution >= 0.6 is 11.6 Å². The minimum absolute atomic E-state index is 0.198. The first-order valence-corrected chi connectivity index (χ1v) is 9.04. The number of benzene rings is 2. The van der Waals surface area contributed by atoms with Crippen LogP contribution in [0.3, 0.4) is 0 Å². The fourth-order valence-electron chi connectivity index (χ4n) is 2.27. The molecule has 23 heavy (non-hydrogen) atoms. The number of hydrogen-bond donors (Lipinski definition) is 1. The Labute approximate surface area is 140 Å². The van der Waals surface area contributed by atoms with Crippen LogP contribution in [0.25, 0.3) is 0 Å². The van der Waals surface area contributed by atoms with Gasteiger partial charge in [-0.25, -0.2) is 13.1 Å². The van der Waals surface area contributed by atoms with Gasteiger partial charge in [0.05, 0.1) is 4.90 Å². The molecule has 0 spiro atoms. The van der Waals surface area contributed by atoms with E-state index in [1.54, 1.807) is 12.1 Å². The molecule has 0 unspecified atom stereocenters. The van der Waals surface area contributed by atoms with Gasteiger partial charge in [-0.15, -0.1) is 0 Å². The van der Waals surface area contributed by atoms with E-state index in [0.29, 0.717) is 37.0 Å². The molecule has 0 bridgehead atoms. The van der Waals surface area contributed by atoms with E-state index in [2.05, 4.69) is 4.72 Å². The maximum atomic E-state index is 12.2. The molecule has 0 saturated heterocycles. The number of halogens is 1. The van der Waals surface area contributed by atoms with E-state index < -0.39 is 10.0 Å². The first-order valence-electron chi connectivity index (χ1n) is 7.18. The molecule has 5 nitrogen and oxygen atoms in total. The van der Waals surface area contributed by atoms with Crippen molar-refractivity contribution in [2.24, 2.45) is 0 Å². The molecule has 7 heteroatoms. The summed E-state index contributed by atoms with van der Waals surface area (Å²) in [6, 6.07) is 11.7. The lowest BCUT2D eigenvalue weighted by Crippen LogP contribution is -2.26. The van der Waals surface area contributed by atoms with Crippen molar-refractivity contribution in [1.29, 1.82) is 0 Å². The van der Waals surface area contributed by atoms with E-state index >= 15 is 0 Å². The van der Waals surface area contributed by atoms with Crippen LogP contribution in [0, 0.1) is 0 Å². The normalized spacial score (nSPS) is 13.8. The molecule has 0 atom stereocenters. The van der Waals surface area contributed by atoms with E-state index in [4.69, 9.17) is 21.1 Å². The minimum Gasteiger partial charge on any atom is -0.486 e. The van der Waals surface area contributed by atoms with Crippen LogP contribution in [0.2, 0.25) is 5.02 Å². The minimum atomic E-state index is -3.53. The van der Waals surface area contributed by atoms with Crippen molar-refractivity contribution in [3.05, 3.63) is 53.1 Å². The van der Waals surface area contributed by atoms with Crippen LogP contribution in [0.5, 0.6) is 11.5 Å². The average Bonchev–Trinajstić information content (AvgIpc) is 2.55. The Hall–Kier alpha value is -1.76. The van der Waals surface area contributed by atoms with E-state index in [1.807, 2.05) is 18.2 Å². The highest BCUT2D eigenvalue weighted by molar-refractivity contribution is 7.89. The Morgan fingerprint density at radius 2 is 1.70 bits per heavy atom. The van der Waals surface area contributed by atoms with Crippen LogP contribution in [0.15, 0.2) is 47.4 Å². The van der Waals surface area contributed by atoms with Gasteiger partial charge in [-0.2, -0.15) is 0 Å². The van der Waals surface area contributed by atoms with Gasteiger partial charge in [0.1, 0.15) is 13.2 Å². The molecule has 3 rings (SSSR count). The molecular formula is C16H16ClNO4S. The van der Waals surface area contributed by atoms with E-state index in [1.165, 1.54) is 12.1 Å². The molecule has 0 radical (unpaired) electrons. The number of rotatable bonds is 5. The van der Waals surface area contributed by atoms with Crippen molar-refractivity contribution in [3.63, 3.8) is 0 Å². The largest absolute Gasteiger partial charge is 0.486 e. The molecule has 1 N–H and O–H groups in total. The number of ether oxygens (including phenoxy) is 2. The van der Waals surface area contributed by atoms with Gasteiger partial charge in [0.2, 0.25) is 10.0 Å². The molecule has 1 aliphatic heterocycles. The Morgan fingerprint density at radius 1 is 1.00 bits per heavy atom. The second-order valence-electron chi connectivity index (χ2n) is 5.08.